The summed E-state index contributed by atoms with van der Waals surface area (Å²) in [7, 11) is 0. The fourth-order valence-electron chi connectivity index (χ4n) is 3.36. The van der Waals surface area contributed by atoms with Gasteiger partial charge in [-0.25, -0.2) is 4.79 Å². The molecular weight excluding hydrogens is 336 g/mol. The maximum atomic E-state index is 12.7. The molecule has 0 bridgehead atoms. The van der Waals surface area contributed by atoms with Gasteiger partial charge in [0.15, 0.2) is 0 Å². The monoisotopic (exact) mass is 376 g/mol. The first-order valence-corrected chi connectivity index (χ1v) is 10.7. The third-order valence-corrected chi connectivity index (χ3v) is 5.03. The summed E-state index contributed by atoms with van der Waals surface area (Å²) in [6, 6.07) is 7.88. The van der Waals surface area contributed by atoms with Gasteiger partial charge in [0, 0.05) is 6.42 Å². The Morgan fingerprint density at radius 1 is 0.963 bits per heavy atom. The lowest BCUT2D eigenvalue weighted by atomic mass is 9.92. The Hall–Kier alpha value is -1.35. The van der Waals surface area contributed by atoms with E-state index in [1.54, 1.807) is 0 Å². The van der Waals surface area contributed by atoms with Gasteiger partial charge in [0.1, 0.15) is 0 Å². The number of carbonyl (C=O) groups is 1. The summed E-state index contributed by atoms with van der Waals surface area (Å²) in [5, 5.41) is 0. The van der Waals surface area contributed by atoms with Gasteiger partial charge in [-0.3, -0.25) is 0 Å². The van der Waals surface area contributed by atoms with E-state index >= 15 is 0 Å². The molecule has 2 atom stereocenters. The van der Waals surface area contributed by atoms with E-state index in [4.69, 9.17) is 9.47 Å². The minimum absolute atomic E-state index is 0.0226. The summed E-state index contributed by atoms with van der Waals surface area (Å²) >= 11 is 0. The molecule has 1 aromatic rings. The summed E-state index contributed by atoms with van der Waals surface area (Å²) in [6.45, 7) is 15.1. The standard InChI is InChI=1S/C24H40O3/c1-8-12-21(11-4)26-22(17-24(5,6)7)27-23(25)20-15-13-19(14-16-20)18(9-2)10-3/h13-16,18,21-22H,8-12,17H2,1-7H3. The average molecular weight is 377 g/mol. The normalized spacial score (nSPS) is 14.2. The Labute approximate surface area is 166 Å². The van der Waals surface area contributed by atoms with Crippen LogP contribution in [-0.4, -0.2) is 18.4 Å². The highest BCUT2D eigenvalue weighted by Gasteiger charge is 2.26. The minimum atomic E-state index is -0.507. The van der Waals surface area contributed by atoms with Gasteiger partial charge in [0.25, 0.3) is 0 Å². The molecule has 0 N–H and O–H groups in total. The van der Waals surface area contributed by atoms with Gasteiger partial charge in [-0.05, 0) is 54.7 Å². The van der Waals surface area contributed by atoms with Crippen LogP contribution >= 0.6 is 0 Å². The first-order valence-electron chi connectivity index (χ1n) is 10.7. The average Bonchev–Trinajstić information content (AvgIpc) is 2.61. The highest BCUT2D eigenvalue weighted by atomic mass is 16.7. The van der Waals surface area contributed by atoms with Crippen molar-refractivity contribution in [3.05, 3.63) is 35.4 Å². The number of hydrogen-bond acceptors (Lipinski definition) is 3. The third kappa shape index (κ3) is 8.47. The fraction of sp³-hybridized carbons (Fsp3) is 0.708. The number of ether oxygens (including phenoxy) is 2. The molecule has 0 aliphatic heterocycles. The molecule has 0 aliphatic carbocycles. The van der Waals surface area contributed by atoms with Gasteiger partial charge < -0.3 is 9.47 Å². The molecular formula is C24H40O3. The molecule has 1 rings (SSSR count). The van der Waals surface area contributed by atoms with E-state index in [1.807, 2.05) is 12.1 Å². The van der Waals surface area contributed by atoms with Gasteiger partial charge in [-0.1, -0.05) is 67.0 Å². The Kier molecular flexibility index (Phi) is 10.1. The van der Waals surface area contributed by atoms with Gasteiger partial charge in [-0.2, -0.15) is 0 Å². The Morgan fingerprint density at radius 2 is 1.56 bits per heavy atom. The topological polar surface area (TPSA) is 35.5 Å². The molecule has 2 unspecified atom stereocenters. The first-order chi connectivity index (χ1) is 12.7. The summed E-state index contributed by atoms with van der Waals surface area (Å²) in [6.07, 6.45) is 5.50. The maximum absolute atomic E-state index is 12.7. The molecule has 0 fully saturated rings. The van der Waals surface area contributed by atoms with Crippen molar-refractivity contribution in [2.45, 2.75) is 105 Å². The van der Waals surface area contributed by atoms with Crippen LogP contribution in [0.15, 0.2) is 24.3 Å². The van der Waals surface area contributed by atoms with E-state index in [9.17, 15) is 4.79 Å². The van der Waals surface area contributed by atoms with E-state index in [0.717, 1.165) is 32.1 Å². The zero-order valence-electron chi connectivity index (χ0n) is 18.5. The molecule has 3 heteroatoms. The number of rotatable bonds is 11. The molecule has 0 aliphatic rings. The van der Waals surface area contributed by atoms with Crippen LogP contribution in [0.25, 0.3) is 0 Å². The van der Waals surface area contributed by atoms with Crippen LogP contribution in [-0.2, 0) is 9.47 Å². The predicted octanol–water partition coefficient (Wildman–Crippen LogP) is 7.10. The first kappa shape index (κ1) is 23.7. The number of carbonyl (C=O) groups excluding carboxylic acids is 1. The highest BCUT2D eigenvalue weighted by Crippen LogP contribution is 2.27. The highest BCUT2D eigenvalue weighted by molar-refractivity contribution is 5.89. The number of hydrogen-bond donors (Lipinski definition) is 0. The zero-order valence-corrected chi connectivity index (χ0v) is 18.5. The number of esters is 1. The van der Waals surface area contributed by atoms with Crippen molar-refractivity contribution in [1.82, 2.24) is 0 Å². The second-order valence-electron chi connectivity index (χ2n) is 8.69. The van der Waals surface area contributed by atoms with Crippen LogP contribution in [0, 0.1) is 5.41 Å². The second-order valence-corrected chi connectivity index (χ2v) is 8.69. The minimum Gasteiger partial charge on any atom is -0.432 e. The van der Waals surface area contributed by atoms with Crippen LogP contribution in [0.5, 0.6) is 0 Å². The van der Waals surface area contributed by atoms with Gasteiger partial charge in [0.2, 0.25) is 6.29 Å². The molecule has 27 heavy (non-hydrogen) atoms. The SMILES string of the molecule is CCCC(CC)OC(CC(C)(C)C)OC(=O)c1ccc(C(CC)CC)cc1. The Balaban J connectivity index is 2.85. The molecule has 0 aromatic heterocycles. The van der Waals surface area contributed by atoms with Crippen molar-refractivity contribution >= 4 is 5.97 Å². The maximum Gasteiger partial charge on any atom is 0.340 e. The smallest absolute Gasteiger partial charge is 0.340 e. The number of benzene rings is 1. The van der Waals surface area contributed by atoms with Crippen LogP contribution in [0.2, 0.25) is 0 Å². The summed E-state index contributed by atoms with van der Waals surface area (Å²) in [4.78, 5) is 12.7. The summed E-state index contributed by atoms with van der Waals surface area (Å²) in [5.41, 5.74) is 1.90. The van der Waals surface area contributed by atoms with Crippen molar-refractivity contribution < 1.29 is 14.3 Å². The predicted molar refractivity (Wildman–Crippen MR) is 113 cm³/mol. The van der Waals surface area contributed by atoms with Crippen LogP contribution < -0.4 is 0 Å². The van der Waals surface area contributed by atoms with Gasteiger partial charge in [-0.15, -0.1) is 0 Å². The molecule has 0 heterocycles. The second kappa shape index (κ2) is 11.5. The Bertz CT molecular complexity index is 538. The lowest BCUT2D eigenvalue weighted by molar-refractivity contribution is -0.157. The van der Waals surface area contributed by atoms with Crippen molar-refractivity contribution in [2.75, 3.05) is 0 Å². The lowest BCUT2D eigenvalue weighted by Gasteiger charge is -2.29. The lowest BCUT2D eigenvalue weighted by Crippen LogP contribution is -2.30. The van der Waals surface area contributed by atoms with Crippen molar-refractivity contribution in [3.8, 4) is 0 Å². The quantitative estimate of drug-likeness (QED) is 0.305. The molecule has 0 radical (unpaired) electrons. The van der Waals surface area contributed by atoms with E-state index in [2.05, 4.69) is 60.6 Å². The molecule has 154 valence electrons. The van der Waals surface area contributed by atoms with Crippen molar-refractivity contribution in [3.63, 3.8) is 0 Å². The van der Waals surface area contributed by atoms with E-state index < -0.39 is 6.29 Å². The van der Waals surface area contributed by atoms with Crippen molar-refractivity contribution in [2.24, 2.45) is 5.41 Å². The van der Waals surface area contributed by atoms with Crippen LogP contribution in [0.3, 0.4) is 0 Å². The van der Waals surface area contributed by atoms with E-state index in [1.165, 1.54) is 5.56 Å². The summed E-state index contributed by atoms with van der Waals surface area (Å²) < 4.78 is 11.9. The fourth-order valence-corrected chi connectivity index (χ4v) is 3.36. The van der Waals surface area contributed by atoms with Gasteiger partial charge >= 0.3 is 5.97 Å². The molecule has 0 amide bonds. The Morgan fingerprint density at radius 3 is 2.00 bits per heavy atom. The largest absolute Gasteiger partial charge is 0.432 e. The molecule has 3 nitrogen and oxygen atoms in total. The van der Waals surface area contributed by atoms with Crippen molar-refractivity contribution in [1.29, 1.82) is 0 Å². The zero-order chi connectivity index (χ0) is 20.4. The van der Waals surface area contributed by atoms with Crippen LogP contribution in [0.1, 0.15) is 109 Å². The van der Waals surface area contributed by atoms with E-state index in [-0.39, 0.29) is 17.5 Å². The summed E-state index contributed by atoms with van der Waals surface area (Å²) in [5.74, 6) is 0.248. The van der Waals surface area contributed by atoms with E-state index in [0.29, 0.717) is 17.9 Å². The third-order valence-electron chi connectivity index (χ3n) is 5.03. The molecule has 0 saturated carbocycles. The van der Waals surface area contributed by atoms with Gasteiger partial charge in [0.05, 0.1) is 11.7 Å². The molecule has 0 spiro atoms. The molecule has 0 saturated heterocycles. The molecule has 1 aromatic carbocycles. The van der Waals surface area contributed by atoms with Crippen LogP contribution in [0.4, 0.5) is 0 Å².